The van der Waals surface area contributed by atoms with Crippen molar-refractivity contribution in [3.05, 3.63) is 119 Å². The predicted molar refractivity (Wildman–Crippen MR) is 142 cm³/mol. The number of sulfonamides is 1. The quantitative estimate of drug-likeness (QED) is 0.236. The fourth-order valence-corrected chi connectivity index (χ4v) is 5.49. The van der Waals surface area contributed by atoms with Crippen LogP contribution < -0.4 is 10.0 Å². The highest BCUT2D eigenvalue weighted by Crippen LogP contribution is 2.27. The van der Waals surface area contributed by atoms with Crippen molar-refractivity contribution >= 4 is 55.0 Å². The van der Waals surface area contributed by atoms with E-state index in [1.807, 2.05) is 36.4 Å². The van der Waals surface area contributed by atoms with Crippen molar-refractivity contribution in [3.63, 3.8) is 0 Å². The van der Waals surface area contributed by atoms with Crippen molar-refractivity contribution in [3.8, 4) is 0 Å². The van der Waals surface area contributed by atoms with Crippen molar-refractivity contribution in [2.75, 3.05) is 10.0 Å². The minimum Gasteiger partial charge on any atom is -0.322 e. The molecule has 4 aromatic carbocycles. The number of nitrogens with one attached hydrogen (secondary N) is 2. The predicted octanol–water partition coefficient (Wildman–Crippen LogP) is 6.79. The third-order valence-electron chi connectivity index (χ3n) is 4.89. The van der Waals surface area contributed by atoms with E-state index < -0.39 is 10.0 Å². The first-order chi connectivity index (χ1) is 16.4. The molecule has 0 heterocycles. The molecule has 4 rings (SSSR count). The maximum atomic E-state index is 12.9. The maximum Gasteiger partial charge on any atom is 0.261 e. The average molecular weight is 554 g/mol. The number of carbonyl (C=O) groups is 1. The molecular weight excluding hydrogens is 532 g/mol. The van der Waals surface area contributed by atoms with E-state index in [-0.39, 0.29) is 10.8 Å². The lowest BCUT2D eigenvalue weighted by molar-refractivity contribution is 0.102. The topological polar surface area (TPSA) is 75.3 Å². The molecule has 0 aliphatic heterocycles. The molecule has 0 saturated carbocycles. The summed E-state index contributed by atoms with van der Waals surface area (Å²) in [6.07, 6.45) is 0. The third kappa shape index (κ3) is 6.28. The van der Waals surface area contributed by atoms with Crippen molar-refractivity contribution in [2.45, 2.75) is 15.5 Å². The van der Waals surface area contributed by atoms with Gasteiger partial charge in [0, 0.05) is 26.5 Å². The van der Waals surface area contributed by atoms with Crippen molar-refractivity contribution in [1.82, 2.24) is 0 Å². The van der Waals surface area contributed by atoms with Crippen molar-refractivity contribution in [1.29, 1.82) is 0 Å². The summed E-state index contributed by atoms with van der Waals surface area (Å²) in [5.41, 5.74) is 2.72. The van der Waals surface area contributed by atoms with Gasteiger partial charge in [0.1, 0.15) is 0 Å². The second-order valence-corrected chi connectivity index (χ2v) is 11.0. The highest BCUT2D eigenvalue weighted by molar-refractivity contribution is 9.10. The molecule has 0 spiro atoms. The van der Waals surface area contributed by atoms with Gasteiger partial charge in [-0.2, -0.15) is 0 Å². The molecular formula is C26H21BrN2O3S2. The summed E-state index contributed by atoms with van der Waals surface area (Å²) < 4.78 is 28.7. The third-order valence-corrected chi connectivity index (χ3v) is 7.96. The summed E-state index contributed by atoms with van der Waals surface area (Å²) in [7, 11) is -3.75. The molecule has 4 aromatic rings. The Balaban J connectivity index is 1.43. The first-order valence-electron chi connectivity index (χ1n) is 10.4. The molecule has 5 nitrogen and oxygen atoms in total. The summed E-state index contributed by atoms with van der Waals surface area (Å²) in [5.74, 6) is 0.503. The first-order valence-corrected chi connectivity index (χ1v) is 13.6. The number of hydrogen-bond acceptors (Lipinski definition) is 4. The molecule has 0 saturated heterocycles. The molecule has 0 aliphatic carbocycles. The lowest BCUT2D eigenvalue weighted by Crippen LogP contribution is -2.14. The summed E-state index contributed by atoms with van der Waals surface area (Å²) in [6.45, 7) is 0. The van der Waals surface area contributed by atoms with Gasteiger partial charge in [-0.3, -0.25) is 9.52 Å². The largest absolute Gasteiger partial charge is 0.322 e. The van der Waals surface area contributed by atoms with Gasteiger partial charge in [0.15, 0.2) is 0 Å². The van der Waals surface area contributed by atoms with Crippen LogP contribution in [0.4, 0.5) is 11.4 Å². The standard InChI is InChI=1S/C26H21BrN2O3S2/c27-20-10-12-22(13-11-20)29-34(31,32)23-16-14-21(15-17-23)28-26(30)24-8-4-5-9-25(24)33-18-19-6-2-1-3-7-19/h1-17,29H,18H2,(H,28,30). The Morgan fingerprint density at radius 3 is 2.09 bits per heavy atom. The van der Waals surface area contributed by atoms with Crippen LogP contribution in [-0.2, 0) is 15.8 Å². The van der Waals surface area contributed by atoms with Crippen LogP contribution in [0.5, 0.6) is 0 Å². The number of benzene rings is 4. The average Bonchev–Trinajstić information content (AvgIpc) is 2.85. The van der Waals surface area contributed by atoms with E-state index in [4.69, 9.17) is 0 Å². The van der Waals surface area contributed by atoms with Gasteiger partial charge in [-0.05, 0) is 66.2 Å². The Kier molecular flexibility index (Phi) is 7.72. The van der Waals surface area contributed by atoms with Crippen LogP contribution in [0.15, 0.2) is 117 Å². The number of halogens is 1. The van der Waals surface area contributed by atoms with Gasteiger partial charge in [-0.1, -0.05) is 58.4 Å². The Morgan fingerprint density at radius 1 is 0.765 bits per heavy atom. The molecule has 0 radical (unpaired) electrons. The zero-order chi connectivity index (χ0) is 24.0. The van der Waals surface area contributed by atoms with Crippen molar-refractivity contribution < 1.29 is 13.2 Å². The van der Waals surface area contributed by atoms with Crippen LogP contribution >= 0.6 is 27.7 Å². The molecule has 0 atom stereocenters. The van der Waals surface area contributed by atoms with Crippen LogP contribution in [0, 0.1) is 0 Å². The Hall–Kier alpha value is -3.07. The molecule has 0 aliphatic rings. The SMILES string of the molecule is O=C(Nc1ccc(S(=O)(=O)Nc2ccc(Br)cc2)cc1)c1ccccc1SCc1ccccc1. The lowest BCUT2D eigenvalue weighted by Gasteiger charge is -2.11. The van der Waals surface area contributed by atoms with Gasteiger partial charge >= 0.3 is 0 Å². The first kappa shape index (κ1) is 24.1. The summed E-state index contributed by atoms with van der Waals surface area (Å²) in [4.78, 5) is 13.9. The van der Waals surface area contributed by atoms with E-state index in [0.717, 1.165) is 15.1 Å². The smallest absolute Gasteiger partial charge is 0.261 e. The zero-order valence-corrected chi connectivity index (χ0v) is 21.2. The van der Waals surface area contributed by atoms with Gasteiger partial charge in [0.2, 0.25) is 0 Å². The van der Waals surface area contributed by atoms with Gasteiger partial charge < -0.3 is 5.32 Å². The summed E-state index contributed by atoms with van der Waals surface area (Å²) >= 11 is 4.92. The van der Waals surface area contributed by atoms with E-state index in [2.05, 4.69) is 38.1 Å². The van der Waals surface area contributed by atoms with E-state index in [1.54, 1.807) is 54.2 Å². The molecule has 0 bridgehead atoms. The van der Waals surface area contributed by atoms with Crippen molar-refractivity contribution in [2.24, 2.45) is 0 Å². The van der Waals surface area contributed by atoms with Crippen LogP contribution in [0.25, 0.3) is 0 Å². The fraction of sp³-hybridized carbons (Fsp3) is 0.0385. The molecule has 0 unspecified atom stereocenters. The summed E-state index contributed by atoms with van der Waals surface area (Å²) in [6, 6.07) is 30.4. The van der Waals surface area contributed by atoms with Crippen LogP contribution in [0.2, 0.25) is 0 Å². The fourth-order valence-electron chi connectivity index (χ4n) is 3.16. The molecule has 2 N–H and O–H groups in total. The second-order valence-electron chi connectivity index (χ2n) is 7.36. The number of hydrogen-bond donors (Lipinski definition) is 2. The van der Waals surface area contributed by atoms with E-state index >= 15 is 0 Å². The number of carbonyl (C=O) groups excluding carboxylic acids is 1. The van der Waals surface area contributed by atoms with Gasteiger partial charge in [0.05, 0.1) is 10.5 Å². The van der Waals surface area contributed by atoms with Gasteiger partial charge in [-0.15, -0.1) is 11.8 Å². The van der Waals surface area contributed by atoms with Crippen LogP contribution in [0.1, 0.15) is 15.9 Å². The Labute approximate surface area is 211 Å². The van der Waals surface area contributed by atoms with Crippen LogP contribution in [0.3, 0.4) is 0 Å². The highest BCUT2D eigenvalue weighted by Gasteiger charge is 2.16. The Bertz CT molecular complexity index is 1380. The van der Waals surface area contributed by atoms with E-state index in [0.29, 0.717) is 16.9 Å². The normalized spacial score (nSPS) is 11.1. The highest BCUT2D eigenvalue weighted by atomic mass is 79.9. The molecule has 1 amide bonds. The lowest BCUT2D eigenvalue weighted by atomic mass is 10.2. The molecule has 0 aromatic heterocycles. The second kappa shape index (κ2) is 10.9. The van der Waals surface area contributed by atoms with E-state index in [1.165, 1.54) is 17.7 Å². The molecule has 172 valence electrons. The zero-order valence-electron chi connectivity index (χ0n) is 17.9. The summed E-state index contributed by atoms with van der Waals surface area (Å²) in [5, 5.41) is 2.86. The number of thioether (sulfide) groups is 1. The minimum atomic E-state index is -3.75. The molecule has 34 heavy (non-hydrogen) atoms. The maximum absolute atomic E-state index is 12.9. The number of rotatable bonds is 8. The monoisotopic (exact) mass is 552 g/mol. The number of anilines is 2. The van der Waals surface area contributed by atoms with Gasteiger partial charge in [0.25, 0.3) is 15.9 Å². The van der Waals surface area contributed by atoms with Crippen LogP contribution in [-0.4, -0.2) is 14.3 Å². The van der Waals surface area contributed by atoms with E-state index in [9.17, 15) is 13.2 Å². The number of amides is 1. The Morgan fingerprint density at radius 2 is 1.38 bits per heavy atom. The minimum absolute atomic E-state index is 0.104. The van der Waals surface area contributed by atoms with Gasteiger partial charge in [-0.25, -0.2) is 8.42 Å². The molecule has 8 heteroatoms. The molecule has 0 fully saturated rings.